The molecule has 3 rings (SSSR count). The maximum absolute atomic E-state index is 12.5. The van der Waals surface area contributed by atoms with Gasteiger partial charge in [0.1, 0.15) is 0 Å². The summed E-state index contributed by atoms with van der Waals surface area (Å²) in [4.78, 5) is 19.2. The Morgan fingerprint density at radius 3 is 3.00 bits per heavy atom. The van der Waals surface area contributed by atoms with E-state index in [0.29, 0.717) is 36.4 Å². The van der Waals surface area contributed by atoms with Crippen molar-refractivity contribution in [2.45, 2.75) is 44.9 Å². The molecule has 0 spiro atoms. The molecule has 0 bridgehead atoms. The smallest absolute Gasteiger partial charge is 0.241 e. The lowest BCUT2D eigenvalue weighted by Crippen LogP contribution is -2.43. The molecule has 1 aromatic carbocycles. The van der Waals surface area contributed by atoms with Gasteiger partial charge in [0.05, 0.1) is 12.5 Å². The molecule has 8 heteroatoms. The van der Waals surface area contributed by atoms with Gasteiger partial charge in [-0.15, -0.1) is 0 Å². The first-order valence-electron chi connectivity index (χ1n) is 10.0. The number of nitrogens with one attached hydrogen (secondary N) is 1. The van der Waals surface area contributed by atoms with E-state index in [9.17, 15) is 4.79 Å². The first-order valence-corrected chi connectivity index (χ1v) is 11.4. The minimum atomic E-state index is 0.0127. The minimum Gasteiger partial charge on any atom is -0.355 e. The molecule has 0 saturated carbocycles. The molecule has 158 valence electrons. The van der Waals surface area contributed by atoms with E-state index in [1.54, 1.807) is 0 Å². The van der Waals surface area contributed by atoms with Crippen molar-refractivity contribution >= 4 is 29.3 Å². The number of hydrogen-bond donors (Lipinski definition) is 1. The number of amides is 1. The van der Waals surface area contributed by atoms with Gasteiger partial charge in [0.15, 0.2) is 0 Å². The van der Waals surface area contributed by atoms with E-state index in [4.69, 9.17) is 16.1 Å². The average Bonchev–Trinajstić information content (AvgIpc) is 3.13. The van der Waals surface area contributed by atoms with Crippen LogP contribution in [0.25, 0.3) is 11.4 Å². The van der Waals surface area contributed by atoms with Crippen LogP contribution in [-0.4, -0.2) is 51.1 Å². The van der Waals surface area contributed by atoms with Crippen LogP contribution in [0.2, 0.25) is 5.02 Å². The van der Waals surface area contributed by atoms with E-state index in [1.807, 2.05) is 36.0 Å². The number of halogens is 1. The quantitative estimate of drug-likeness (QED) is 0.654. The van der Waals surface area contributed by atoms with Crippen LogP contribution in [0.4, 0.5) is 0 Å². The molecule has 6 nitrogen and oxygen atoms in total. The highest BCUT2D eigenvalue weighted by Gasteiger charge is 2.27. The van der Waals surface area contributed by atoms with Crippen molar-refractivity contribution in [3.05, 3.63) is 35.2 Å². The number of nitrogens with zero attached hydrogens (tertiary/aromatic N) is 3. The highest BCUT2D eigenvalue weighted by Crippen LogP contribution is 2.23. The molecule has 1 unspecified atom stereocenters. The molecule has 0 radical (unpaired) electrons. The highest BCUT2D eigenvalue weighted by atomic mass is 35.5. The highest BCUT2D eigenvalue weighted by molar-refractivity contribution is 8.00. The Balaban J connectivity index is 1.49. The second-order valence-corrected chi connectivity index (χ2v) is 10.7. The summed E-state index contributed by atoms with van der Waals surface area (Å²) in [5, 5.41) is 7.79. The van der Waals surface area contributed by atoms with Crippen molar-refractivity contribution in [2.75, 3.05) is 25.4 Å². The number of hydrogen-bond acceptors (Lipinski definition) is 6. The number of rotatable bonds is 7. The fourth-order valence-electron chi connectivity index (χ4n) is 3.34. The van der Waals surface area contributed by atoms with Gasteiger partial charge in [-0.05, 0) is 31.5 Å². The Kier molecular flexibility index (Phi) is 7.60. The predicted octanol–water partition coefficient (Wildman–Crippen LogP) is 4.25. The summed E-state index contributed by atoms with van der Waals surface area (Å²) < 4.78 is 5.64. The third kappa shape index (κ3) is 7.01. The van der Waals surface area contributed by atoms with Crippen molar-refractivity contribution in [2.24, 2.45) is 5.92 Å². The van der Waals surface area contributed by atoms with Gasteiger partial charge < -0.3 is 9.84 Å². The number of aromatic nitrogens is 2. The second kappa shape index (κ2) is 9.96. The Bertz CT molecular complexity index is 821. The van der Waals surface area contributed by atoms with E-state index >= 15 is 0 Å². The number of likely N-dealkylation sites (tertiary alicyclic amines) is 1. The van der Waals surface area contributed by atoms with Crippen LogP contribution in [-0.2, 0) is 11.3 Å². The molecule has 2 heterocycles. The van der Waals surface area contributed by atoms with Gasteiger partial charge in [0, 0.05) is 34.2 Å². The van der Waals surface area contributed by atoms with Crippen molar-refractivity contribution in [3.8, 4) is 11.4 Å². The summed E-state index contributed by atoms with van der Waals surface area (Å²) in [6.45, 7) is 9.47. The molecule has 1 aliphatic heterocycles. The van der Waals surface area contributed by atoms with Crippen molar-refractivity contribution < 1.29 is 9.32 Å². The summed E-state index contributed by atoms with van der Waals surface area (Å²) in [6, 6.07) is 7.39. The number of thioether (sulfide) groups is 1. The summed E-state index contributed by atoms with van der Waals surface area (Å²) in [6.07, 6.45) is 1.91. The molecule has 0 aliphatic carbocycles. The van der Waals surface area contributed by atoms with Gasteiger partial charge in [0.25, 0.3) is 0 Å². The van der Waals surface area contributed by atoms with Crippen LogP contribution in [0.3, 0.4) is 0 Å². The molecular weight excluding hydrogens is 408 g/mol. The Morgan fingerprint density at radius 2 is 2.24 bits per heavy atom. The van der Waals surface area contributed by atoms with Crippen LogP contribution in [0.15, 0.2) is 28.8 Å². The lowest BCUT2D eigenvalue weighted by molar-refractivity contribution is -0.126. The standard InChI is InChI=1S/C21H29ClN4O2S/c1-21(2,3)29-11-9-23-20(27)16-7-5-10-26(13-16)14-18-24-19(25-28-18)15-6-4-8-17(22)12-15/h4,6,8,12,16H,5,7,9-11,13-14H2,1-3H3,(H,23,27). The molecule has 1 atom stereocenters. The third-order valence-corrected chi connectivity index (χ3v) is 6.23. The summed E-state index contributed by atoms with van der Waals surface area (Å²) in [5.41, 5.74) is 0.830. The SMILES string of the molecule is CC(C)(C)SCCNC(=O)C1CCCN(Cc2nc(-c3cccc(Cl)c3)no2)C1. The Labute approximate surface area is 181 Å². The van der Waals surface area contributed by atoms with Gasteiger partial charge in [-0.3, -0.25) is 9.69 Å². The van der Waals surface area contributed by atoms with Crippen LogP contribution >= 0.6 is 23.4 Å². The van der Waals surface area contributed by atoms with Gasteiger partial charge in [-0.2, -0.15) is 16.7 Å². The van der Waals surface area contributed by atoms with E-state index < -0.39 is 0 Å². The van der Waals surface area contributed by atoms with Crippen LogP contribution in [0.5, 0.6) is 0 Å². The first-order chi connectivity index (χ1) is 13.8. The van der Waals surface area contributed by atoms with Gasteiger partial charge >= 0.3 is 0 Å². The Morgan fingerprint density at radius 1 is 1.41 bits per heavy atom. The van der Waals surface area contributed by atoms with Crippen molar-refractivity contribution in [1.82, 2.24) is 20.4 Å². The van der Waals surface area contributed by atoms with Crippen molar-refractivity contribution in [1.29, 1.82) is 0 Å². The molecule has 1 fully saturated rings. The lowest BCUT2D eigenvalue weighted by atomic mass is 9.97. The third-order valence-electron chi connectivity index (χ3n) is 4.72. The second-order valence-electron chi connectivity index (χ2n) is 8.35. The maximum atomic E-state index is 12.5. The molecule has 29 heavy (non-hydrogen) atoms. The van der Waals surface area contributed by atoms with E-state index in [0.717, 1.165) is 30.7 Å². The summed E-state index contributed by atoms with van der Waals surface area (Å²) in [5.74, 6) is 2.18. The van der Waals surface area contributed by atoms with Crippen LogP contribution in [0.1, 0.15) is 39.5 Å². The van der Waals surface area contributed by atoms with E-state index in [2.05, 4.69) is 41.1 Å². The molecule has 1 aliphatic rings. The zero-order chi connectivity index (χ0) is 20.9. The molecule has 2 aromatic rings. The molecule has 1 amide bonds. The van der Waals surface area contributed by atoms with Gasteiger partial charge in [0.2, 0.25) is 17.6 Å². The number of carbonyl (C=O) groups is 1. The topological polar surface area (TPSA) is 71.3 Å². The Hall–Kier alpha value is -1.57. The van der Waals surface area contributed by atoms with E-state index in [-0.39, 0.29) is 16.6 Å². The maximum Gasteiger partial charge on any atom is 0.241 e. The van der Waals surface area contributed by atoms with Gasteiger partial charge in [-0.25, -0.2) is 0 Å². The fourth-order valence-corrected chi connectivity index (χ4v) is 4.35. The number of benzene rings is 1. The van der Waals surface area contributed by atoms with Gasteiger partial charge in [-0.1, -0.05) is 49.7 Å². The normalized spacial score (nSPS) is 18.0. The summed E-state index contributed by atoms with van der Waals surface area (Å²) >= 11 is 7.90. The van der Waals surface area contributed by atoms with Crippen molar-refractivity contribution in [3.63, 3.8) is 0 Å². The predicted molar refractivity (Wildman–Crippen MR) is 118 cm³/mol. The monoisotopic (exact) mass is 436 g/mol. The fraction of sp³-hybridized carbons (Fsp3) is 0.571. The van der Waals surface area contributed by atoms with E-state index in [1.165, 1.54) is 0 Å². The zero-order valence-electron chi connectivity index (χ0n) is 17.3. The molecule has 1 saturated heterocycles. The van der Waals surface area contributed by atoms with Crippen LogP contribution in [0, 0.1) is 5.92 Å². The largest absolute Gasteiger partial charge is 0.355 e. The molecular formula is C21H29ClN4O2S. The zero-order valence-corrected chi connectivity index (χ0v) is 18.9. The van der Waals surface area contributed by atoms with Crippen LogP contribution < -0.4 is 5.32 Å². The molecule has 1 N–H and O–H groups in total. The molecule has 1 aromatic heterocycles. The average molecular weight is 437 g/mol. The minimum absolute atomic E-state index is 0.0127. The summed E-state index contributed by atoms with van der Waals surface area (Å²) in [7, 11) is 0. The lowest BCUT2D eigenvalue weighted by Gasteiger charge is -2.31. The number of carbonyl (C=O) groups excluding carboxylic acids is 1. The first kappa shape index (κ1) is 22.1. The number of piperidine rings is 1.